The molecule has 0 spiro atoms. The second-order valence-corrected chi connectivity index (χ2v) is 5.19. The van der Waals surface area contributed by atoms with E-state index < -0.39 is 0 Å². The maximum atomic E-state index is 5.60. The van der Waals surface area contributed by atoms with Crippen molar-refractivity contribution < 1.29 is 0 Å². The third-order valence-electron chi connectivity index (χ3n) is 3.03. The van der Waals surface area contributed by atoms with Crippen molar-refractivity contribution in [3.05, 3.63) is 35.4 Å². The van der Waals surface area contributed by atoms with Gasteiger partial charge in [0.1, 0.15) is 0 Å². The number of hydrogen-bond donors (Lipinski definition) is 1. The molecule has 0 saturated carbocycles. The molecule has 1 aromatic rings. The molecule has 0 aromatic heterocycles. The monoisotopic (exact) mass is 205 g/mol. The summed E-state index contributed by atoms with van der Waals surface area (Å²) in [7, 11) is 0. The fraction of sp³-hybridized carbons (Fsp3) is 0.571. The Morgan fingerprint density at radius 1 is 1.07 bits per heavy atom. The molecule has 0 saturated heterocycles. The van der Waals surface area contributed by atoms with Crippen LogP contribution in [0.3, 0.4) is 0 Å². The normalized spacial score (nSPS) is 11.7. The highest BCUT2D eigenvalue weighted by molar-refractivity contribution is 5.21. The maximum absolute atomic E-state index is 5.60. The molecule has 0 aliphatic carbocycles. The second kappa shape index (κ2) is 5.32. The lowest BCUT2D eigenvalue weighted by Gasteiger charge is -2.23. The van der Waals surface area contributed by atoms with Gasteiger partial charge in [-0.1, -0.05) is 43.7 Å². The molecule has 84 valence electrons. The molecule has 1 rings (SSSR count). The van der Waals surface area contributed by atoms with Crippen LogP contribution in [0.15, 0.2) is 24.3 Å². The molecule has 2 N–H and O–H groups in total. The lowest BCUT2D eigenvalue weighted by atomic mass is 9.83. The summed E-state index contributed by atoms with van der Waals surface area (Å²) < 4.78 is 0. The largest absolute Gasteiger partial charge is 0.330 e. The van der Waals surface area contributed by atoms with Crippen LogP contribution in [-0.4, -0.2) is 6.54 Å². The Morgan fingerprint density at radius 3 is 2.20 bits per heavy atom. The Morgan fingerprint density at radius 2 is 1.67 bits per heavy atom. The number of hydrogen-bond acceptors (Lipinski definition) is 1. The zero-order valence-electron chi connectivity index (χ0n) is 10.2. The molecule has 1 aromatic carbocycles. The zero-order valence-corrected chi connectivity index (χ0v) is 10.2. The molecule has 0 amide bonds. The lowest BCUT2D eigenvalue weighted by Crippen LogP contribution is -2.17. The van der Waals surface area contributed by atoms with Crippen molar-refractivity contribution in [1.82, 2.24) is 0 Å². The predicted molar refractivity (Wildman–Crippen MR) is 67.0 cm³/mol. The van der Waals surface area contributed by atoms with Crippen molar-refractivity contribution in [1.29, 1.82) is 0 Å². The van der Waals surface area contributed by atoms with Gasteiger partial charge in [-0.25, -0.2) is 0 Å². The summed E-state index contributed by atoms with van der Waals surface area (Å²) in [5.74, 6) is 0. The van der Waals surface area contributed by atoms with Gasteiger partial charge in [0.15, 0.2) is 0 Å². The summed E-state index contributed by atoms with van der Waals surface area (Å²) in [6.45, 7) is 7.52. The first-order valence-electron chi connectivity index (χ1n) is 5.79. The van der Waals surface area contributed by atoms with Gasteiger partial charge < -0.3 is 5.73 Å². The molecule has 0 fully saturated rings. The number of benzene rings is 1. The molecule has 15 heavy (non-hydrogen) atoms. The van der Waals surface area contributed by atoms with Crippen molar-refractivity contribution in [2.24, 2.45) is 11.1 Å². The second-order valence-electron chi connectivity index (χ2n) is 5.19. The van der Waals surface area contributed by atoms with Gasteiger partial charge in [-0.2, -0.15) is 0 Å². The maximum Gasteiger partial charge on any atom is -0.00722 e. The van der Waals surface area contributed by atoms with Crippen LogP contribution in [0.2, 0.25) is 0 Å². The van der Waals surface area contributed by atoms with Gasteiger partial charge in [-0.3, -0.25) is 0 Å². The van der Waals surface area contributed by atoms with Crippen LogP contribution in [0.25, 0.3) is 0 Å². The quantitative estimate of drug-likeness (QED) is 0.784. The van der Waals surface area contributed by atoms with E-state index >= 15 is 0 Å². The fourth-order valence-corrected chi connectivity index (χ4v) is 1.75. The summed E-state index contributed by atoms with van der Waals surface area (Å²) in [6.07, 6.45) is 3.49. The Bertz CT molecular complexity index is 285. The van der Waals surface area contributed by atoms with E-state index in [0.717, 1.165) is 19.4 Å². The van der Waals surface area contributed by atoms with Crippen LogP contribution in [-0.2, 0) is 6.42 Å². The molecule has 0 heterocycles. The minimum Gasteiger partial charge on any atom is -0.330 e. The van der Waals surface area contributed by atoms with E-state index in [1.807, 2.05) is 0 Å². The highest BCUT2D eigenvalue weighted by Gasteiger charge is 2.16. The third-order valence-corrected chi connectivity index (χ3v) is 3.03. The molecule has 1 heteroatoms. The summed E-state index contributed by atoms with van der Waals surface area (Å²) in [5.41, 5.74) is 8.75. The van der Waals surface area contributed by atoms with Gasteiger partial charge in [-0.15, -0.1) is 0 Å². The first-order chi connectivity index (χ1) is 7.03. The molecule has 0 unspecified atom stereocenters. The highest BCUT2D eigenvalue weighted by Crippen LogP contribution is 2.26. The van der Waals surface area contributed by atoms with Gasteiger partial charge in [-0.05, 0) is 43.7 Å². The smallest absolute Gasteiger partial charge is 0.00722 e. The first-order valence-corrected chi connectivity index (χ1v) is 5.79. The minimum atomic E-state index is 0.375. The van der Waals surface area contributed by atoms with Crippen molar-refractivity contribution >= 4 is 0 Å². The highest BCUT2D eigenvalue weighted by atomic mass is 14.5. The van der Waals surface area contributed by atoms with E-state index in [1.54, 1.807) is 0 Å². The zero-order chi connectivity index (χ0) is 11.3. The average Bonchev–Trinajstić information content (AvgIpc) is 2.17. The van der Waals surface area contributed by atoms with Crippen molar-refractivity contribution in [2.45, 2.75) is 40.0 Å². The summed E-state index contributed by atoms with van der Waals surface area (Å²) >= 11 is 0. The molecule has 0 atom stereocenters. The average molecular weight is 205 g/mol. The van der Waals surface area contributed by atoms with Crippen LogP contribution < -0.4 is 5.73 Å². The number of aryl methyl sites for hydroxylation is 2. The fourth-order valence-electron chi connectivity index (χ4n) is 1.75. The Hall–Kier alpha value is -0.820. The van der Waals surface area contributed by atoms with E-state index in [1.165, 1.54) is 17.5 Å². The van der Waals surface area contributed by atoms with E-state index in [-0.39, 0.29) is 0 Å². The standard InChI is InChI=1S/C14H23N/c1-12-4-6-13(7-5-12)8-9-14(2,3)10-11-15/h4-7H,8-11,15H2,1-3H3. The lowest BCUT2D eigenvalue weighted by molar-refractivity contribution is 0.313. The summed E-state index contributed by atoms with van der Waals surface area (Å²) in [6, 6.07) is 8.83. The predicted octanol–water partition coefficient (Wildman–Crippen LogP) is 3.30. The third kappa shape index (κ3) is 4.48. The minimum absolute atomic E-state index is 0.375. The van der Waals surface area contributed by atoms with Crippen molar-refractivity contribution in [3.8, 4) is 0 Å². The van der Waals surface area contributed by atoms with Gasteiger partial charge >= 0.3 is 0 Å². The van der Waals surface area contributed by atoms with E-state index in [2.05, 4.69) is 45.0 Å². The van der Waals surface area contributed by atoms with Gasteiger partial charge in [0.05, 0.1) is 0 Å². The SMILES string of the molecule is Cc1ccc(CCC(C)(C)CCN)cc1. The Labute approximate surface area is 93.7 Å². The Balaban J connectivity index is 2.46. The number of rotatable bonds is 5. The van der Waals surface area contributed by atoms with Crippen LogP contribution in [0.5, 0.6) is 0 Å². The molecule has 0 bridgehead atoms. The van der Waals surface area contributed by atoms with Gasteiger partial charge in [0.25, 0.3) is 0 Å². The Kier molecular flexibility index (Phi) is 4.34. The molecule has 0 radical (unpaired) electrons. The van der Waals surface area contributed by atoms with Crippen molar-refractivity contribution in [2.75, 3.05) is 6.54 Å². The van der Waals surface area contributed by atoms with Crippen LogP contribution in [0.1, 0.15) is 37.8 Å². The van der Waals surface area contributed by atoms with Crippen molar-refractivity contribution in [3.63, 3.8) is 0 Å². The van der Waals surface area contributed by atoms with E-state index in [4.69, 9.17) is 5.73 Å². The molecular weight excluding hydrogens is 182 g/mol. The molecule has 0 aliphatic rings. The van der Waals surface area contributed by atoms with Gasteiger partial charge in [0.2, 0.25) is 0 Å². The first kappa shape index (κ1) is 12.3. The van der Waals surface area contributed by atoms with E-state index in [9.17, 15) is 0 Å². The van der Waals surface area contributed by atoms with Crippen LogP contribution in [0, 0.1) is 12.3 Å². The molecule has 0 aliphatic heterocycles. The molecular formula is C14H23N. The van der Waals surface area contributed by atoms with Gasteiger partial charge in [0, 0.05) is 0 Å². The summed E-state index contributed by atoms with van der Waals surface area (Å²) in [4.78, 5) is 0. The number of nitrogens with two attached hydrogens (primary N) is 1. The van der Waals surface area contributed by atoms with Crippen LogP contribution >= 0.6 is 0 Å². The topological polar surface area (TPSA) is 26.0 Å². The molecule has 1 nitrogen and oxygen atoms in total. The van der Waals surface area contributed by atoms with Crippen LogP contribution in [0.4, 0.5) is 0 Å². The van der Waals surface area contributed by atoms with E-state index in [0.29, 0.717) is 5.41 Å². The summed E-state index contributed by atoms with van der Waals surface area (Å²) in [5, 5.41) is 0.